The van der Waals surface area contributed by atoms with Crippen molar-refractivity contribution in [1.29, 1.82) is 0 Å². The van der Waals surface area contributed by atoms with Gasteiger partial charge in [0.2, 0.25) is 5.91 Å². The van der Waals surface area contributed by atoms with E-state index in [4.69, 9.17) is 10.8 Å². The van der Waals surface area contributed by atoms with Crippen molar-refractivity contribution in [2.45, 2.75) is 38.8 Å². The van der Waals surface area contributed by atoms with Crippen LogP contribution in [0.3, 0.4) is 0 Å². The topological polar surface area (TPSA) is 92.4 Å². The van der Waals surface area contributed by atoms with Crippen LogP contribution in [0.25, 0.3) is 0 Å². The largest absolute Gasteiger partial charge is 0.478 e. The number of carbonyl (C=O) groups excluding carboxylic acids is 1. The molecular formula is C15H20N2O3. The fraction of sp³-hybridized carbons (Fsp3) is 0.467. The normalized spacial score (nSPS) is 25.4. The number of nitrogens with one attached hydrogen (secondary N) is 1. The molecule has 1 aromatic carbocycles. The van der Waals surface area contributed by atoms with E-state index in [1.807, 2.05) is 6.92 Å². The lowest BCUT2D eigenvalue weighted by Crippen LogP contribution is -2.47. The summed E-state index contributed by atoms with van der Waals surface area (Å²) in [5.41, 5.74) is 6.49. The number of carboxylic acids is 1. The molecule has 2 unspecified atom stereocenters. The summed E-state index contributed by atoms with van der Waals surface area (Å²) in [4.78, 5) is 23.2. The number of aromatic carboxylic acids is 1. The van der Waals surface area contributed by atoms with Crippen molar-refractivity contribution in [1.82, 2.24) is 5.32 Å². The van der Waals surface area contributed by atoms with Crippen LogP contribution in [-0.2, 0) is 11.3 Å². The molecule has 20 heavy (non-hydrogen) atoms. The molecule has 0 aliphatic heterocycles. The number of rotatable bonds is 4. The van der Waals surface area contributed by atoms with Crippen LogP contribution in [-0.4, -0.2) is 23.0 Å². The molecular weight excluding hydrogens is 256 g/mol. The summed E-state index contributed by atoms with van der Waals surface area (Å²) >= 11 is 0. The van der Waals surface area contributed by atoms with E-state index >= 15 is 0 Å². The Bertz CT molecular complexity index is 530. The summed E-state index contributed by atoms with van der Waals surface area (Å²) in [5, 5.41) is 11.8. The van der Waals surface area contributed by atoms with Gasteiger partial charge in [-0.15, -0.1) is 0 Å². The van der Waals surface area contributed by atoms with Crippen molar-refractivity contribution in [2.75, 3.05) is 0 Å². The van der Waals surface area contributed by atoms with Crippen LogP contribution in [0.15, 0.2) is 24.3 Å². The molecule has 1 aliphatic carbocycles. The van der Waals surface area contributed by atoms with Gasteiger partial charge in [-0.2, -0.15) is 0 Å². The summed E-state index contributed by atoms with van der Waals surface area (Å²) < 4.78 is 0. The molecule has 1 aromatic rings. The van der Waals surface area contributed by atoms with Crippen LogP contribution >= 0.6 is 0 Å². The fourth-order valence-corrected chi connectivity index (χ4v) is 2.67. The Kier molecular flexibility index (Phi) is 4.09. The van der Waals surface area contributed by atoms with E-state index in [1.54, 1.807) is 18.2 Å². The van der Waals surface area contributed by atoms with E-state index in [0.717, 1.165) is 24.8 Å². The number of nitrogens with two attached hydrogens (primary N) is 1. The Morgan fingerprint density at radius 1 is 1.50 bits per heavy atom. The SMILES string of the molecule is CC1(C(=O)NCc2cccc(C(=O)O)c2)CCCC1N. The predicted octanol–water partition coefficient (Wildman–Crippen LogP) is 1.52. The maximum absolute atomic E-state index is 12.3. The maximum Gasteiger partial charge on any atom is 0.335 e. The lowest BCUT2D eigenvalue weighted by atomic mass is 9.84. The summed E-state index contributed by atoms with van der Waals surface area (Å²) in [6, 6.07) is 6.46. The minimum absolute atomic E-state index is 0.0526. The summed E-state index contributed by atoms with van der Waals surface area (Å²) in [7, 11) is 0. The molecule has 1 amide bonds. The zero-order valence-electron chi connectivity index (χ0n) is 11.6. The van der Waals surface area contributed by atoms with E-state index in [1.165, 1.54) is 6.07 Å². The number of carboxylic acid groups (broad SMARTS) is 1. The zero-order chi connectivity index (χ0) is 14.8. The molecule has 108 valence electrons. The molecule has 0 saturated heterocycles. The summed E-state index contributed by atoms with van der Waals surface area (Å²) in [6.45, 7) is 2.22. The third-order valence-electron chi connectivity index (χ3n) is 4.18. The van der Waals surface area contributed by atoms with Gasteiger partial charge in [0.1, 0.15) is 0 Å². The van der Waals surface area contributed by atoms with Gasteiger partial charge in [-0.25, -0.2) is 4.79 Å². The Balaban J connectivity index is 2.00. The first-order valence-corrected chi connectivity index (χ1v) is 6.79. The number of amides is 1. The fourth-order valence-electron chi connectivity index (χ4n) is 2.67. The third-order valence-corrected chi connectivity index (χ3v) is 4.18. The van der Waals surface area contributed by atoms with Crippen molar-refractivity contribution >= 4 is 11.9 Å². The quantitative estimate of drug-likeness (QED) is 0.777. The molecule has 0 radical (unpaired) electrons. The molecule has 5 heteroatoms. The molecule has 0 bridgehead atoms. The Morgan fingerprint density at radius 3 is 2.85 bits per heavy atom. The maximum atomic E-state index is 12.3. The minimum Gasteiger partial charge on any atom is -0.478 e. The molecule has 2 rings (SSSR count). The number of hydrogen-bond acceptors (Lipinski definition) is 3. The molecule has 2 atom stereocenters. The van der Waals surface area contributed by atoms with Crippen LogP contribution in [0.5, 0.6) is 0 Å². The van der Waals surface area contributed by atoms with E-state index in [2.05, 4.69) is 5.32 Å². The van der Waals surface area contributed by atoms with E-state index in [9.17, 15) is 9.59 Å². The van der Waals surface area contributed by atoms with Crippen molar-refractivity contribution in [3.63, 3.8) is 0 Å². The first kappa shape index (κ1) is 14.5. The van der Waals surface area contributed by atoms with Crippen LogP contribution in [0, 0.1) is 5.41 Å². The molecule has 1 aliphatic rings. The average molecular weight is 276 g/mol. The average Bonchev–Trinajstić information content (AvgIpc) is 2.77. The highest BCUT2D eigenvalue weighted by molar-refractivity contribution is 5.88. The highest BCUT2D eigenvalue weighted by Gasteiger charge is 2.42. The van der Waals surface area contributed by atoms with Crippen LogP contribution in [0.1, 0.15) is 42.1 Å². The molecule has 0 spiro atoms. The Labute approximate surface area is 118 Å². The minimum atomic E-state index is -0.969. The van der Waals surface area contributed by atoms with Crippen molar-refractivity contribution in [3.8, 4) is 0 Å². The van der Waals surface area contributed by atoms with Gasteiger partial charge >= 0.3 is 5.97 Å². The molecule has 5 nitrogen and oxygen atoms in total. The van der Waals surface area contributed by atoms with Crippen LogP contribution < -0.4 is 11.1 Å². The lowest BCUT2D eigenvalue weighted by molar-refractivity contribution is -0.130. The van der Waals surface area contributed by atoms with E-state index in [-0.39, 0.29) is 17.5 Å². The number of carbonyl (C=O) groups is 2. The van der Waals surface area contributed by atoms with E-state index < -0.39 is 11.4 Å². The standard InChI is InChI=1S/C15H20N2O3/c1-15(7-3-6-12(15)16)14(20)17-9-10-4-2-5-11(8-10)13(18)19/h2,4-5,8,12H,3,6-7,9,16H2,1H3,(H,17,20)(H,18,19). The van der Waals surface area contributed by atoms with Crippen LogP contribution in [0.4, 0.5) is 0 Å². The van der Waals surface area contributed by atoms with Gasteiger partial charge in [0.15, 0.2) is 0 Å². The lowest BCUT2D eigenvalue weighted by Gasteiger charge is -2.27. The van der Waals surface area contributed by atoms with Crippen molar-refractivity contribution < 1.29 is 14.7 Å². The molecule has 1 saturated carbocycles. The first-order chi connectivity index (χ1) is 9.43. The molecule has 1 fully saturated rings. The smallest absolute Gasteiger partial charge is 0.335 e. The van der Waals surface area contributed by atoms with Crippen molar-refractivity contribution in [3.05, 3.63) is 35.4 Å². The second-order valence-electron chi connectivity index (χ2n) is 5.60. The number of hydrogen-bond donors (Lipinski definition) is 3. The van der Waals surface area contributed by atoms with Crippen LogP contribution in [0.2, 0.25) is 0 Å². The summed E-state index contributed by atoms with van der Waals surface area (Å²) in [6.07, 6.45) is 2.65. The molecule has 0 heterocycles. The Hall–Kier alpha value is -1.88. The monoisotopic (exact) mass is 276 g/mol. The van der Waals surface area contributed by atoms with Gasteiger partial charge in [-0.05, 0) is 37.5 Å². The Morgan fingerprint density at radius 2 is 2.25 bits per heavy atom. The van der Waals surface area contributed by atoms with Gasteiger partial charge in [0.05, 0.1) is 11.0 Å². The van der Waals surface area contributed by atoms with Gasteiger partial charge in [0, 0.05) is 12.6 Å². The summed E-state index contributed by atoms with van der Waals surface area (Å²) in [5.74, 6) is -1.02. The second kappa shape index (κ2) is 5.63. The molecule has 0 aromatic heterocycles. The van der Waals surface area contributed by atoms with Gasteiger partial charge in [-0.3, -0.25) is 4.79 Å². The first-order valence-electron chi connectivity index (χ1n) is 6.79. The highest BCUT2D eigenvalue weighted by atomic mass is 16.4. The van der Waals surface area contributed by atoms with E-state index in [0.29, 0.717) is 6.54 Å². The highest BCUT2D eigenvalue weighted by Crippen LogP contribution is 2.36. The second-order valence-corrected chi connectivity index (χ2v) is 5.60. The van der Waals surface area contributed by atoms with Gasteiger partial charge in [-0.1, -0.05) is 18.6 Å². The molecule has 4 N–H and O–H groups in total. The van der Waals surface area contributed by atoms with Gasteiger partial charge in [0.25, 0.3) is 0 Å². The van der Waals surface area contributed by atoms with Gasteiger partial charge < -0.3 is 16.2 Å². The zero-order valence-corrected chi connectivity index (χ0v) is 11.6. The predicted molar refractivity (Wildman–Crippen MR) is 75.2 cm³/mol. The van der Waals surface area contributed by atoms with Crippen molar-refractivity contribution in [2.24, 2.45) is 11.1 Å². The third kappa shape index (κ3) is 2.82. The number of benzene rings is 1.